The molecular weight excluding hydrogens is 184 g/mol. The number of aromatic nitrogens is 1. The number of pyridine rings is 1. The Labute approximate surface area is 81.4 Å². The van der Waals surface area contributed by atoms with Gasteiger partial charge in [-0.2, -0.15) is 0 Å². The summed E-state index contributed by atoms with van der Waals surface area (Å²) in [6.45, 7) is 0.219. The van der Waals surface area contributed by atoms with E-state index < -0.39 is 12.1 Å². The quantitative estimate of drug-likeness (QED) is 0.632. The number of nitrogens with one attached hydrogen (secondary N) is 1. The van der Waals surface area contributed by atoms with E-state index in [9.17, 15) is 9.90 Å². The topological polar surface area (TPSA) is 82.5 Å². The number of aliphatic hydroxyl groups is 1. The molecule has 1 aromatic rings. The molecule has 0 radical (unpaired) electrons. The SMILES string of the molecule is O=C(O)CC(O)CNc1ccncc1. The van der Waals surface area contributed by atoms with E-state index in [0.29, 0.717) is 0 Å². The van der Waals surface area contributed by atoms with Gasteiger partial charge in [-0.1, -0.05) is 0 Å². The smallest absolute Gasteiger partial charge is 0.306 e. The van der Waals surface area contributed by atoms with Gasteiger partial charge in [-0.3, -0.25) is 9.78 Å². The lowest BCUT2D eigenvalue weighted by Gasteiger charge is -2.09. The number of rotatable bonds is 5. The van der Waals surface area contributed by atoms with E-state index in [0.717, 1.165) is 5.69 Å². The zero-order valence-electron chi connectivity index (χ0n) is 7.55. The third-order valence-corrected chi connectivity index (χ3v) is 1.63. The van der Waals surface area contributed by atoms with Crippen LogP contribution in [0.25, 0.3) is 0 Å². The minimum absolute atomic E-state index is 0.219. The molecule has 0 aliphatic rings. The molecule has 1 heterocycles. The fourth-order valence-corrected chi connectivity index (χ4v) is 0.979. The average Bonchev–Trinajstić information content (AvgIpc) is 2.15. The summed E-state index contributed by atoms with van der Waals surface area (Å²) in [4.78, 5) is 14.0. The molecule has 0 spiro atoms. The molecule has 0 bridgehead atoms. The summed E-state index contributed by atoms with van der Waals surface area (Å²) in [5, 5.41) is 20.5. The summed E-state index contributed by atoms with van der Waals surface area (Å²) in [5.74, 6) is -1.01. The van der Waals surface area contributed by atoms with Crippen molar-refractivity contribution in [2.75, 3.05) is 11.9 Å². The first kappa shape index (κ1) is 10.5. The molecule has 14 heavy (non-hydrogen) atoms. The maximum Gasteiger partial charge on any atom is 0.306 e. The van der Waals surface area contributed by atoms with Gasteiger partial charge in [0, 0.05) is 24.6 Å². The minimum atomic E-state index is -1.01. The van der Waals surface area contributed by atoms with Crippen molar-refractivity contribution in [1.29, 1.82) is 0 Å². The maximum absolute atomic E-state index is 10.2. The third kappa shape index (κ3) is 3.86. The number of aliphatic carboxylic acids is 1. The van der Waals surface area contributed by atoms with Crippen LogP contribution in [0.1, 0.15) is 6.42 Å². The van der Waals surface area contributed by atoms with E-state index in [1.165, 1.54) is 0 Å². The van der Waals surface area contributed by atoms with Crippen LogP contribution in [0.5, 0.6) is 0 Å². The Bertz CT molecular complexity index is 289. The van der Waals surface area contributed by atoms with Crippen molar-refractivity contribution in [3.8, 4) is 0 Å². The number of carbonyl (C=O) groups is 1. The molecule has 0 aliphatic heterocycles. The monoisotopic (exact) mass is 196 g/mol. The Morgan fingerprint density at radius 3 is 2.71 bits per heavy atom. The Kier molecular flexibility index (Phi) is 3.87. The number of hydrogen-bond acceptors (Lipinski definition) is 4. The lowest BCUT2D eigenvalue weighted by Crippen LogP contribution is -2.22. The molecule has 0 amide bonds. The van der Waals surface area contributed by atoms with Crippen molar-refractivity contribution in [3.63, 3.8) is 0 Å². The number of carboxylic acids is 1. The van der Waals surface area contributed by atoms with Crippen molar-refractivity contribution in [2.45, 2.75) is 12.5 Å². The summed E-state index contributed by atoms with van der Waals surface area (Å²) in [5.41, 5.74) is 0.810. The zero-order chi connectivity index (χ0) is 10.4. The first-order valence-electron chi connectivity index (χ1n) is 4.22. The molecule has 5 heteroatoms. The van der Waals surface area contributed by atoms with Crippen LogP contribution in [-0.4, -0.2) is 33.8 Å². The second-order valence-electron chi connectivity index (χ2n) is 2.87. The van der Waals surface area contributed by atoms with Gasteiger partial charge in [0.15, 0.2) is 0 Å². The highest BCUT2D eigenvalue weighted by Gasteiger charge is 2.08. The van der Waals surface area contributed by atoms with Crippen LogP contribution in [0, 0.1) is 0 Å². The minimum Gasteiger partial charge on any atom is -0.481 e. The molecule has 1 rings (SSSR count). The van der Waals surface area contributed by atoms with E-state index in [1.807, 2.05) is 0 Å². The van der Waals surface area contributed by atoms with E-state index in [1.54, 1.807) is 24.5 Å². The molecule has 1 atom stereocenters. The number of nitrogens with zero attached hydrogens (tertiary/aromatic N) is 1. The zero-order valence-corrected chi connectivity index (χ0v) is 7.55. The molecule has 3 N–H and O–H groups in total. The van der Waals surface area contributed by atoms with Crippen molar-refractivity contribution >= 4 is 11.7 Å². The Balaban J connectivity index is 2.30. The highest BCUT2D eigenvalue weighted by atomic mass is 16.4. The van der Waals surface area contributed by atoms with E-state index in [4.69, 9.17) is 5.11 Å². The first-order chi connectivity index (χ1) is 6.68. The summed E-state index contributed by atoms with van der Waals surface area (Å²) >= 11 is 0. The Morgan fingerprint density at radius 2 is 2.14 bits per heavy atom. The molecule has 1 unspecified atom stereocenters. The van der Waals surface area contributed by atoms with Crippen LogP contribution in [0.15, 0.2) is 24.5 Å². The van der Waals surface area contributed by atoms with Crippen LogP contribution < -0.4 is 5.32 Å². The predicted molar refractivity (Wildman–Crippen MR) is 51.0 cm³/mol. The van der Waals surface area contributed by atoms with Gasteiger partial charge in [0.25, 0.3) is 0 Å². The third-order valence-electron chi connectivity index (χ3n) is 1.63. The highest BCUT2D eigenvalue weighted by Crippen LogP contribution is 2.03. The standard InChI is InChI=1S/C9H12N2O3/c12-8(5-9(13)14)6-11-7-1-3-10-4-2-7/h1-4,8,12H,5-6H2,(H,10,11)(H,13,14). The molecule has 0 aliphatic carbocycles. The number of hydrogen-bond donors (Lipinski definition) is 3. The van der Waals surface area contributed by atoms with Crippen LogP contribution in [0.3, 0.4) is 0 Å². The van der Waals surface area contributed by atoms with Crippen molar-refractivity contribution in [3.05, 3.63) is 24.5 Å². The lowest BCUT2D eigenvalue weighted by atomic mass is 10.2. The molecule has 0 saturated carbocycles. The van der Waals surface area contributed by atoms with Gasteiger partial charge >= 0.3 is 5.97 Å². The number of anilines is 1. The number of aliphatic hydroxyl groups excluding tert-OH is 1. The fourth-order valence-electron chi connectivity index (χ4n) is 0.979. The van der Waals surface area contributed by atoms with Gasteiger partial charge in [0.2, 0.25) is 0 Å². The predicted octanol–water partition coefficient (Wildman–Crippen LogP) is 0.329. The van der Waals surface area contributed by atoms with Crippen LogP contribution in [0.4, 0.5) is 5.69 Å². The van der Waals surface area contributed by atoms with Gasteiger partial charge in [0.1, 0.15) is 0 Å². The largest absolute Gasteiger partial charge is 0.481 e. The lowest BCUT2D eigenvalue weighted by molar-refractivity contribution is -0.138. The van der Waals surface area contributed by atoms with Crippen LogP contribution in [-0.2, 0) is 4.79 Å². The van der Waals surface area contributed by atoms with Crippen LogP contribution in [0.2, 0.25) is 0 Å². The molecule has 76 valence electrons. The van der Waals surface area contributed by atoms with Crippen molar-refractivity contribution in [2.24, 2.45) is 0 Å². The average molecular weight is 196 g/mol. The molecule has 0 saturated heterocycles. The second kappa shape index (κ2) is 5.18. The van der Waals surface area contributed by atoms with Gasteiger partial charge < -0.3 is 15.5 Å². The molecule has 5 nitrogen and oxygen atoms in total. The maximum atomic E-state index is 10.2. The first-order valence-corrected chi connectivity index (χ1v) is 4.22. The van der Waals surface area contributed by atoms with Gasteiger partial charge in [-0.15, -0.1) is 0 Å². The number of carboxylic acid groups (broad SMARTS) is 1. The summed E-state index contributed by atoms with van der Waals surface area (Å²) in [6.07, 6.45) is 2.11. The molecular formula is C9H12N2O3. The van der Waals surface area contributed by atoms with E-state index >= 15 is 0 Å². The Morgan fingerprint density at radius 1 is 1.50 bits per heavy atom. The van der Waals surface area contributed by atoms with Gasteiger partial charge in [-0.25, -0.2) is 0 Å². The normalized spacial score (nSPS) is 12.1. The summed E-state index contributed by atoms with van der Waals surface area (Å²) in [7, 11) is 0. The van der Waals surface area contributed by atoms with Crippen molar-refractivity contribution < 1.29 is 15.0 Å². The van der Waals surface area contributed by atoms with E-state index in [-0.39, 0.29) is 13.0 Å². The van der Waals surface area contributed by atoms with Crippen LogP contribution >= 0.6 is 0 Å². The van der Waals surface area contributed by atoms with Gasteiger partial charge in [0.05, 0.1) is 12.5 Å². The summed E-state index contributed by atoms with van der Waals surface area (Å²) < 4.78 is 0. The summed E-state index contributed by atoms with van der Waals surface area (Å²) in [6, 6.07) is 3.49. The Hall–Kier alpha value is -1.62. The second-order valence-corrected chi connectivity index (χ2v) is 2.87. The molecule has 0 fully saturated rings. The van der Waals surface area contributed by atoms with E-state index in [2.05, 4.69) is 10.3 Å². The van der Waals surface area contributed by atoms with Crippen molar-refractivity contribution in [1.82, 2.24) is 4.98 Å². The fraction of sp³-hybridized carbons (Fsp3) is 0.333. The van der Waals surface area contributed by atoms with Gasteiger partial charge in [-0.05, 0) is 12.1 Å². The molecule has 0 aromatic carbocycles. The highest BCUT2D eigenvalue weighted by molar-refractivity contribution is 5.67. The molecule has 1 aromatic heterocycles.